The molecule has 1 fully saturated rings. The van der Waals surface area contributed by atoms with Crippen molar-refractivity contribution < 1.29 is 23.5 Å². The van der Waals surface area contributed by atoms with E-state index in [0.717, 1.165) is 5.56 Å². The first kappa shape index (κ1) is 24.0. The molecule has 2 aromatic heterocycles. The van der Waals surface area contributed by atoms with Crippen LogP contribution in [0.1, 0.15) is 41.3 Å². The van der Waals surface area contributed by atoms with Crippen molar-refractivity contribution in [1.29, 1.82) is 0 Å². The van der Waals surface area contributed by atoms with E-state index in [1.165, 1.54) is 7.11 Å². The van der Waals surface area contributed by atoms with Crippen molar-refractivity contribution in [2.45, 2.75) is 32.0 Å². The van der Waals surface area contributed by atoms with Crippen molar-refractivity contribution in [1.82, 2.24) is 15.3 Å². The molecule has 0 aliphatic carbocycles. The number of carbonyl (C=O) groups excluding carboxylic acids is 2. The predicted octanol–water partition coefficient (Wildman–Crippen LogP) is 2.77. The number of hydrogen-bond donors (Lipinski definition) is 2. The number of rotatable bonds is 7. The van der Waals surface area contributed by atoms with Crippen molar-refractivity contribution in [2.24, 2.45) is 11.7 Å². The van der Waals surface area contributed by atoms with Crippen LogP contribution in [0.5, 0.6) is 11.6 Å². The molecular formula is C26H25FN4O4. The van der Waals surface area contributed by atoms with E-state index in [-0.39, 0.29) is 29.9 Å². The fraction of sp³-hybridized carbons (Fsp3) is 0.308. The van der Waals surface area contributed by atoms with Gasteiger partial charge in [0.25, 0.3) is 11.8 Å². The number of benzene rings is 1. The predicted molar refractivity (Wildman–Crippen MR) is 128 cm³/mol. The largest absolute Gasteiger partial charge is 0.496 e. The van der Waals surface area contributed by atoms with Gasteiger partial charge in [-0.05, 0) is 30.7 Å². The van der Waals surface area contributed by atoms with E-state index in [4.69, 9.17) is 15.2 Å². The number of nitrogens with one attached hydrogen (secondary N) is 1. The Hall–Kier alpha value is -4.19. The van der Waals surface area contributed by atoms with Gasteiger partial charge in [-0.3, -0.25) is 14.6 Å². The molecule has 2 amide bonds. The van der Waals surface area contributed by atoms with E-state index in [9.17, 15) is 14.0 Å². The average Bonchev–Trinajstić information content (AvgIpc) is 3.15. The summed E-state index contributed by atoms with van der Waals surface area (Å²) in [5.41, 5.74) is 7.11. The Balaban J connectivity index is 1.67. The summed E-state index contributed by atoms with van der Waals surface area (Å²) in [5, 5.41) is 3.90. The minimum atomic E-state index is -1.50. The summed E-state index contributed by atoms with van der Waals surface area (Å²) < 4.78 is 25.4. The van der Waals surface area contributed by atoms with E-state index in [1.807, 2.05) is 6.92 Å². The smallest absolute Gasteiger partial charge is 0.255 e. The molecule has 1 saturated heterocycles. The van der Waals surface area contributed by atoms with Crippen LogP contribution in [0.25, 0.3) is 10.8 Å². The second-order valence-corrected chi connectivity index (χ2v) is 8.15. The summed E-state index contributed by atoms with van der Waals surface area (Å²) in [7, 11) is 1.44. The highest BCUT2D eigenvalue weighted by Crippen LogP contribution is 2.33. The van der Waals surface area contributed by atoms with E-state index in [2.05, 4.69) is 27.1 Å². The minimum Gasteiger partial charge on any atom is -0.496 e. The molecule has 3 aromatic rings. The average molecular weight is 477 g/mol. The van der Waals surface area contributed by atoms with Gasteiger partial charge in [-0.15, -0.1) is 0 Å². The van der Waals surface area contributed by atoms with Crippen LogP contribution in [0.4, 0.5) is 4.39 Å². The highest BCUT2D eigenvalue weighted by atomic mass is 19.1. The zero-order valence-corrected chi connectivity index (χ0v) is 19.4. The third kappa shape index (κ3) is 5.01. The number of aromatic nitrogens is 2. The third-order valence-electron chi connectivity index (χ3n) is 6.07. The molecule has 9 heteroatoms. The Morgan fingerprint density at radius 2 is 2.00 bits per heavy atom. The Labute approximate surface area is 202 Å². The van der Waals surface area contributed by atoms with Gasteiger partial charge >= 0.3 is 0 Å². The maximum Gasteiger partial charge on any atom is 0.255 e. The van der Waals surface area contributed by atoms with Gasteiger partial charge in [-0.1, -0.05) is 18.8 Å². The number of pyridine rings is 2. The van der Waals surface area contributed by atoms with E-state index in [1.54, 1.807) is 42.9 Å². The van der Waals surface area contributed by atoms with E-state index in [0.29, 0.717) is 35.1 Å². The van der Waals surface area contributed by atoms with Crippen molar-refractivity contribution in [3.63, 3.8) is 0 Å². The van der Waals surface area contributed by atoms with Gasteiger partial charge < -0.3 is 20.5 Å². The molecule has 0 bridgehead atoms. The molecule has 1 aromatic carbocycles. The first-order valence-electron chi connectivity index (χ1n) is 11.2. The maximum atomic E-state index is 14.1. The molecule has 8 nitrogen and oxygen atoms in total. The van der Waals surface area contributed by atoms with E-state index < -0.39 is 18.0 Å². The third-order valence-corrected chi connectivity index (χ3v) is 6.07. The summed E-state index contributed by atoms with van der Waals surface area (Å²) >= 11 is 0. The lowest BCUT2D eigenvalue weighted by atomic mass is 9.94. The summed E-state index contributed by atoms with van der Waals surface area (Å²) in [6.07, 6.45) is 4.33. The van der Waals surface area contributed by atoms with Crippen LogP contribution in [0.3, 0.4) is 0 Å². The number of fused-ring (bicyclic) bond motifs is 1. The molecule has 3 heterocycles. The van der Waals surface area contributed by atoms with Crippen molar-refractivity contribution in [2.75, 3.05) is 13.7 Å². The lowest BCUT2D eigenvalue weighted by Gasteiger charge is -2.18. The van der Waals surface area contributed by atoms with Crippen LogP contribution in [0.15, 0.2) is 42.9 Å². The SMILES string of the molecule is CC[C@@H]1[C@H](F)C(=O)N[C@@H]1CCOc1ncc(C#Cc2ccncc2)c2cc(C(N)=O)c(OC)cc12. The maximum absolute atomic E-state index is 14.1. The molecular weight excluding hydrogens is 451 g/mol. The number of nitrogens with zero attached hydrogens (tertiary/aromatic N) is 2. The molecule has 4 rings (SSSR count). The number of alkyl halides is 1. The number of ether oxygens (including phenoxy) is 2. The molecule has 0 spiro atoms. The van der Waals surface area contributed by atoms with Gasteiger partial charge in [0.15, 0.2) is 6.17 Å². The highest BCUT2D eigenvalue weighted by molar-refractivity contribution is 6.03. The monoisotopic (exact) mass is 476 g/mol. The number of primary amides is 1. The summed E-state index contributed by atoms with van der Waals surface area (Å²) in [4.78, 5) is 32.1. The van der Waals surface area contributed by atoms with Gasteiger partial charge in [-0.2, -0.15) is 0 Å². The molecule has 3 atom stereocenters. The second kappa shape index (κ2) is 10.4. The van der Waals surface area contributed by atoms with Gasteiger partial charge in [0.05, 0.1) is 24.8 Å². The zero-order valence-electron chi connectivity index (χ0n) is 19.4. The molecule has 1 aliphatic rings. The van der Waals surface area contributed by atoms with Gasteiger partial charge in [-0.25, -0.2) is 9.37 Å². The number of carbonyl (C=O) groups is 2. The Kier molecular flexibility index (Phi) is 7.11. The van der Waals surface area contributed by atoms with Gasteiger partial charge in [0.1, 0.15) is 5.75 Å². The van der Waals surface area contributed by atoms with Gasteiger partial charge in [0.2, 0.25) is 5.88 Å². The lowest BCUT2D eigenvalue weighted by Crippen LogP contribution is -2.30. The van der Waals surface area contributed by atoms with E-state index >= 15 is 0 Å². The Morgan fingerprint density at radius 3 is 2.69 bits per heavy atom. The molecule has 0 radical (unpaired) electrons. The van der Waals surface area contributed by atoms with Crippen molar-refractivity contribution in [3.05, 3.63) is 59.5 Å². The van der Waals surface area contributed by atoms with Gasteiger partial charge in [0, 0.05) is 53.3 Å². The number of methoxy groups -OCH3 is 1. The molecule has 1 aliphatic heterocycles. The molecule has 35 heavy (non-hydrogen) atoms. The van der Waals surface area contributed by atoms with Crippen LogP contribution >= 0.6 is 0 Å². The van der Waals surface area contributed by atoms with Crippen LogP contribution in [0, 0.1) is 17.8 Å². The number of halogens is 1. The number of amides is 2. The molecule has 0 unspecified atom stereocenters. The Morgan fingerprint density at radius 1 is 1.23 bits per heavy atom. The van der Waals surface area contributed by atoms with Crippen LogP contribution < -0.4 is 20.5 Å². The summed E-state index contributed by atoms with van der Waals surface area (Å²) in [5.74, 6) is 5.12. The minimum absolute atomic E-state index is 0.206. The normalized spacial score (nSPS) is 19.1. The molecule has 0 saturated carbocycles. The zero-order chi connectivity index (χ0) is 24.9. The Bertz CT molecular complexity index is 1320. The second-order valence-electron chi connectivity index (χ2n) is 8.15. The first-order valence-corrected chi connectivity index (χ1v) is 11.2. The lowest BCUT2D eigenvalue weighted by molar-refractivity contribution is -0.123. The fourth-order valence-electron chi connectivity index (χ4n) is 4.22. The van der Waals surface area contributed by atoms with Crippen LogP contribution in [0.2, 0.25) is 0 Å². The molecule has 180 valence electrons. The van der Waals surface area contributed by atoms with Crippen molar-refractivity contribution >= 4 is 22.6 Å². The quantitative estimate of drug-likeness (QED) is 0.507. The fourth-order valence-corrected chi connectivity index (χ4v) is 4.22. The standard InChI is InChI=1S/C26H25FN4O4/c1-3-17-21(31-25(33)23(17)27)8-11-35-26-19-13-22(34-2)20(24(28)32)12-18(19)16(14-30-26)5-4-15-6-9-29-10-7-15/h6-7,9-10,12-14,17,21,23H,3,8,11H2,1-2H3,(H2,28,32)(H,31,33)/t17-,21+,23-/m0/s1. The summed E-state index contributed by atoms with van der Waals surface area (Å²) in [6, 6.07) is 6.50. The van der Waals surface area contributed by atoms with Crippen LogP contribution in [-0.2, 0) is 4.79 Å². The number of nitrogens with two attached hydrogens (primary N) is 1. The van der Waals surface area contributed by atoms with Crippen LogP contribution in [-0.4, -0.2) is 47.7 Å². The summed E-state index contributed by atoms with van der Waals surface area (Å²) in [6.45, 7) is 2.06. The topological polar surface area (TPSA) is 116 Å². The first-order chi connectivity index (χ1) is 16.9. The number of hydrogen-bond acceptors (Lipinski definition) is 6. The van der Waals surface area contributed by atoms with Crippen molar-refractivity contribution in [3.8, 4) is 23.5 Å². The molecule has 3 N–H and O–H groups in total. The highest BCUT2D eigenvalue weighted by Gasteiger charge is 2.41.